The van der Waals surface area contributed by atoms with Crippen molar-refractivity contribution in [3.05, 3.63) is 65.2 Å². The third kappa shape index (κ3) is 4.15. The van der Waals surface area contributed by atoms with Crippen LogP contribution in [0.1, 0.15) is 34.3 Å². The fraction of sp³-hybridized carbons (Fsp3) is 0.350. The molecule has 4 nitrogen and oxygen atoms in total. The number of likely N-dealkylation sites (tertiary alicyclic amines) is 1. The molecule has 2 aromatic rings. The molecule has 0 bridgehead atoms. The van der Waals surface area contributed by atoms with Gasteiger partial charge in [0.25, 0.3) is 5.91 Å². The van der Waals surface area contributed by atoms with Gasteiger partial charge in [-0.15, -0.1) is 0 Å². The molecule has 1 saturated heterocycles. The molecule has 2 N–H and O–H groups in total. The number of benzene rings is 2. The van der Waals surface area contributed by atoms with Gasteiger partial charge in [0, 0.05) is 19.1 Å². The fourth-order valence-electron chi connectivity index (χ4n) is 3.25. The quantitative estimate of drug-likeness (QED) is 0.909. The van der Waals surface area contributed by atoms with Crippen molar-refractivity contribution in [1.29, 1.82) is 0 Å². The maximum absolute atomic E-state index is 12.5. The summed E-state index contributed by atoms with van der Waals surface area (Å²) >= 11 is 0. The predicted molar refractivity (Wildman–Crippen MR) is 95.1 cm³/mol. The first-order valence-corrected chi connectivity index (χ1v) is 8.48. The highest BCUT2D eigenvalue weighted by Crippen LogP contribution is 2.19. The van der Waals surface area contributed by atoms with Crippen LogP contribution >= 0.6 is 0 Å². The van der Waals surface area contributed by atoms with Gasteiger partial charge >= 0.3 is 0 Å². The van der Waals surface area contributed by atoms with Gasteiger partial charge in [0.15, 0.2) is 0 Å². The second-order valence-corrected chi connectivity index (χ2v) is 6.55. The lowest BCUT2D eigenvalue weighted by atomic mass is 10.0. The number of amides is 1. The first-order chi connectivity index (χ1) is 11.6. The van der Waals surface area contributed by atoms with E-state index < -0.39 is 0 Å². The van der Waals surface area contributed by atoms with E-state index in [1.54, 1.807) is 18.2 Å². The Morgan fingerprint density at radius 3 is 2.83 bits per heavy atom. The van der Waals surface area contributed by atoms with Crippen LogP contribution in [0, 0.1) is 6.92 Å². The summed E-state index contributed by atoms with van der Waals surface area (Å²) in [4.78, 5) is 14.8. The standard InChI is InChI=1S/C20H24N2O2/c1-15-9-10-19(23)18(12-15)20(24)21-17-8-5-11-22(14-17)13-16-6-3-2-4-7-16/h2-4,6-7,9-10,12,17,23H,5,8,11,13-14H2,1H3,(H,21,24). The number of rotatable bonds is 4. The van der Waals surface area contributed by atoms with Crippen molar-refractivity contribution in [2.75, 3.05) is 13.1 Å². The van der Waals surface area contributed by atoms with Crippen LogP contribution in [0.5, 0.6) is 5.75 Å². The number of aromatic hydroxyl groups is 1. The second kappa shape index (κ2) is 7.49. The van der Waals surface area contributed by atoms with Gasteiger partial charge in [0.05, 0.1) is 5.56 Å². The van der Waals surface area contributed by atoms with E-state index in [0.717, 1.165) is 38.0 Å². The summed E-state index contributed by atoms with van der Waals surface area (Å²) in [6, 6.07) is 15.6. The summed E-state index contributed by atoms with van der Waals surface area (Å²) in [6.45, 7) is 4.71. The van der Waals surface area contributed by atoms with Crippen LogP contribution in [0.2, 0.25) is 0 Å². The highest BCUT2D eigenvalue weighted by Gasteiger charge is 2.22. The fourth-order valence-corrected chi connectivity index (χ4v) is 3.25. The molecule has 0 aliphatic carbocycles. The molecule has 24 heavy (non-hydrogen) atoms. The smallest absolute Gasteiger partial charge is 0.255 e. The lowest BCUT2D eigenvalue weighted by Gasteiger charge is -2.33. The van der Waals surface area contributed by atoms with Crippen LogP contribution in [-0.4, -0.2) is 35.0 Å². The summed E-state index contributed by atoms with van der Waals surface area (Å²) in [6.07, 6.45) is 2.04. The summed E-state index contributed by atoms with van der Waals surface area (Å²) in [7, 11) is 0. The number of phenolic OH excluding ortho intramolecular Hbond substituents is 1. The van der Waals surface area contributed by atoms with Gasteiger partial charge in [-0.25, -0.2) is 0 Å². The Morgan fingerprint density at radius 1 is 1.25 bits per heavy atom. The average Bonchev–Trinajstić information content (AvgIpc) is 2.58. The van der Waals surface area contributed by atoms with Gasteiger partial charge in [-0.05, 0) is 44.0 Å². The minimum absolute atomic E-state index is 0.0371. The number of carbonyl (C=O) groups is 1. The van der Waals surface area contributed by atoms with Crippen molar-refractivity contribution in [2.45, 2.75) is 32.4 Å². The molecule has 1 aliphatic rings. The van der Waals surface area contributed by atoms with Crippen molar-refractivity contribution >= 4 is 5.91 Å². The Bertz CT molecular complexity index is 700. The maximum Gasteiger partial charge on any atom is 0.255 e. The van der Waals surface area contributed by atoms with Gasteiger partial charge in [0.1, 0.15) is 5.75 Å². The summed E-state index contributed by atoms with van der Waals surface area (Å²) < 4.78 is 0. The number of phenols is 1. The van der Waals surface area contributed by atoms with Crippen LogP contribution in [0.4, 0.5) is 0 Å². The van der Waals surface area contributed by atoms with Crippen molar-refractivity contribution in [1.82, 2.24) is 10.2 Å². The zero-order chi connectivity index (χ0) is 16.9. The normalized spacial score (nSPS) is 18.3. The van der Waals surface area contributed by atoms with E-state index in [4.69, 9.17) is 0 Å². The maximum atomic E-state index is 12.5. The van der Waals surface area contributed by atoms with Gasteiger partial charge in [-0.2, -0.15) is 0 Å². The molecule has 3 rings (SSSR count). The van der Waals surface area contributed by atoms with Crippen molar-refractivity contribution in [3.63, 3.8) is 0 Å². The topological polar surface area (TPSA) is 52.6 Å². The SMILES string of the molecule is Cc1ccc(O)c(C(=O)NC2CCCN(Cc3ccccc3)C2)c1. The van der Waals surface area contributed by atoms with Gasteiger partial charge < -0.3 is 10.4 Å². The molecule has 0 aromatic heterocycles. The Balaban J connectivity index is 1.61. The monoisotopic (exact) mass is 324 g/mol. The molecule has 126 valence electrons. The van der Waals surface area contributed by atoms with Crippen molar-refractivity contribution < 1.29 is 9.90 Å². The Hall–Kier alpha value is -2.33. The lowest BCUT2D eigenvalue weighted by Crippen LogP contribution is -2.47. The highest BCUT2D eigenvalue weighted by molar-refractivity contribution is 5.97. The molecule has 1 fully saturated rings. The minimum Gasteiger partial charge on any atom is -0.507 e. The number of piperidine rings is 1. The van der Waals surface area contributed by atoms with E-state index in [1.165, 1.54) is 5.56 Å². The second-order valence-electron chi connectivity index (χ2n) is 6.55. The number of hydrogen-bond acceptors (Lipinski definition) is 3. The first-order valence-electron chi connectivity index (χ1n) is 8.48. The largest absolute Gasteiger partial charge is 0.507 e. The number of nitrogens with zero attached hydrogens (tertiary/aromatic N) is 1. The zero-order valence-corrected chi connectivity index (χ0v) is 14.0. The van der Waals surface area contributed by atoms with E-state index in [2.05, 4.69) is 34.5 Å². The molecule has 1 heterocycles. The van der Waals surface area contributed by atoms with Crippen molar-refractivity contribution in [2.24, 2.45) is 0 Å². The minimum atomic E-state index is -0.192. The summed E-state index contributed by atoms with van der Waals surface area (Å²) in [5.74, 6) is -0.155. The average molecular weight is 324 g/mol. The van der Waals surface area contributed by atoms with Gasteiger partial charge in [0.2, 0.25) is 0 Å². The van der Waals surface area contributed by atoms with E-state index in [1.807, 2.05) is 13.0 Å². The molecule has 0 saturated carbocycles. The van der Waals surface area contributed by atoms with Crippen LogP contribution < -0.4 is 5.32 Å². The number of aryl methyl sites for hydroxylation is 1. The van der Waals surface area contributed by atoms with Gasteiger partial charge in [-0.3, -0.25) is 9.69 Å². The van der Waals surface area contributed by atoms with E-state index in [9.17, 15) is 9.90 Å². The third-order valence-corrected chi connectivity index (χ3v) is 4.49. The van der Waals surface area contributed by atoms with E-state index >= 15 is 0 Å². The lowest BCUT2D eigenvalue weighted by molar-refractivity contribution is 0.0898. The Kier molecular flexibility index (Phi) is 5.16. The van der Waals surface area contributed by atoms with Gasteiger partial charge in [-0.1, -0.05) is 42.0 Å². The molecule has 1 unspecified atom stereocenters. The number of hydrogen-bond donors (Lipinski definition) is 2. The Morgan fingerprint density at radius 2 is 2.04 bits per heavy atom. The van der Waals surface area contributed by atoms with Crippen LogP contribution in [0.3, 0.4) is 0 Å². The molecular weight excluding hydrogens is 300 g/mol. The van der Waals surface area contributed by atoms with Crippen LogP contribution in [0.25, 0.3) is 0 Å². The first kappa shape index (κ1) is 16.5. The van der Waals surface area contributed by atoms with E-state index in [0.29, 0.717) is 5.56 Å². The molecule has 4 heteroatoms. The molecule has 2 aromatic carbocycles. The number of nitrogens with one attached hydrogen (secondary N) is 1. The molecule has 0 spiro atoms. The molecule has 1 aliphatic heterocycles. The van der Waals surface area contributed by atoms with Crippen LogP contribution in [-0.2, 0) is 6.54 Å². The third-order valence-electron chi connectivity index (χ3n) is 4.49. The highest BCUT2D eigenvalue weighted by atomic mass is 16.3. The zero-order valence-electron chi connectivity index (χ0n) is 14.0. The number of carbonyl (C=O) groups excluding carboxylic acids is 1. The predicted octanol–water partition coefficient (Wildman–Crippen LogP) is 3.10. The molecule has 1 amide bonds. The molecule has 1 atom stereocenters. The Labute approximate surface area is 143 Å². The van der Waals surface area contributed by atoms with Crippen LogP contribution in [0.15, 0.2) is 48.5 Å². The molecule has 0 radical (unpaired) electrons. The summed E-state index contributed by atoms with van der Waals surface area (Å²) in [5.41, 5.74) is 2.61. The van der Waals surface area contributed by atoms with Crippen molar-refractivity contribution in [3.8, 4) is 5.75 Å². The summed E-state index contributed by atoms with van der Waals surface area (Å²) in [5, 5.41) is 13.0. The van der Waals surface area contributed by atoms with E-state index in [-0.39, 0.29) is 17.7 Å². The molecular formula is C20H24N2O2.